The van der Waals surface area contributed by atoms with Crippen LogP contribution in [-0.2, 0) is 18.6 Å². The van der Waals surface area contributed by atoms with Gasteiger partial charge in [0.1, 0.15) is 7.53 Å². The molecular weight excluding hydrogens is 124 g/mol. The number of rotatable bonds is 1. The topological polar surface area (TPSA) is 0 Å². The molecule has 0 bridgehead atoms. The van der Waals surface area contributed by atoms with Gasteiger partial charge in [-0.2, -0.15) is 0 Å². The van der Waals surface area contributed by atoms with Crippen LogP contribution in [0, 0.1) is 0 Å². The molecule has 0 nitrogen and oxygen atoms in total. The van der Waals surface area contributed by atoms with Crippen molar-refractivity contribution < 1.29 is 18.6 Å². The Labute approximate surface area is 45.0 Å². The molecular formula is H4BP2V. The molecule has 0 aromatic carbocycles. The molecule has 2 unspecified atom stereocenters. The second kappa shape index (κ2) is 8.82. The summed E-state index contributed by atoms with van der Waals surface area (Å²) in [5.41, 5.74) is 0. The van der Waals surface area contributed by atoms with Crippen LogP contribution in [0.3, 0.4) is 0 Å². The van der Waals surface area contributed by atoms with Crippen molar-refractivity contribution in [3.63, 3.8) is 0 Å². The summed E-state index contributed by atoms with van der Waals surface area (Å²) >= 11 is 0. The first-order valence-electron chi connectivity index (χ1n) is 1.15. The third-order valence-corrected chi connectivity index (χ3v) is 0. The summed E-state index contributed by atoms with van der Waals surface area (Å²) < 4.78 is 6.32. The summed E-state index contributed by atoms with van der Waals surface area (Å²) in [6, 6.07) is 0. The van der Waals surface area contributed by atoms with Crippen molar-refractivity contribution in [3.8, 4) is 0 Å². The van der Waals surface area contributed by atoms with E-state index in [4.69, 9.17) is 1.34 Å². The first-order valence-corrected chi connectivity index (χ1v) is 3.46. The minimum absolute atomic E-state index is 0. The van der Waals surface area contributed by atoms with E-state index in [0.717, 1.165) is 0 Å². The molecule has 0 saturated carbocycles. The van der Waals surface area contributed by atoms with E-state index in [0.29, 0.717) is 8.15 Å². The maximum Gasteiger partial charge on any atom is 0.125 e. The molecule has 0 saturated heterocycles. The zero-order chi connectivity index (χ0) is 3.41. The summed E-state index contributed by atoms with van der Waals surface area (Å²) in [7, 11) is 4.40. The molecule has 4 heavy (non-hydrogen) atoms. The molecule has 0 spiro atoms. The third kappa shape index (κ3) is 9.70. The fourth-order valence-corrected chi connectivity index (χ4v) is 0. The number of hydrogen-bond donors (Lipinski definition) is 0. The monoisotopic (exact) mass is 130 g/mol. The predicted octanol–water partition coefficient (Wildman–Crippen LogP) is 0.268. The quantitative estimate of drug-likeness (QED) is 0.352. The van der Waals surface area contributed by atoms with Gasteiger partial charge in [-0.05, 0) is 1.34 Å². The molecule has 0 rings (SSSR count). The Morgan fingerprint density at radius 3 is 2.50 bits per heavy atom. The maximum atomic E-state index is 6.32. The molecule has 0 N–H and O–H groups in total. The van der Waals surface area contributed by atoms with Crippen LogP contribution in [0.1, 0.15) is 0 Å². The van der Waals surface area contributed by atoms with Gasteiger partial charge in [-0.25, -0.2) is 0 Å². The second-order valence-electron chi connectivity index (χ2n) is 0.167. The van der Waals surface area contributed by atoms with E-state index >= 15 is 0 Å². The van der Waals surface area contributed by atoms with Crippen LogP contribution in [0.25, 0.3) is 0 Å². The fourth-order valence-electron chi connectivity index (χ4n) is 0. The van der Waals surface area contributed by atoms with Gasteiger partial charge >= 0.3 is 0 Å². The molecule has 0 aromatic rings. The standard InChI is InChI=1S/BH4P2.V/c1-3-2;/h1,3H,2H2;/i1T;. The van der Waals surface area contributed by atoms with Gasteiger partial charge in [-0.15, -0.1) is 17.1 Å². The van der Waals surface area contributed by atoms with E-state index in [1.165, 1.54) is 7.53 Å². The van der Waals surface area contributed by atoms with Gasteiger partial charge in [-0.1, -0.05) is 0 Å². The van der Waals surface area contributed by atoms with E-state index < -0.39 is 0 Å². The second-order valence-corrected chi connectivity index (χ2v) is 1.50. The van der Waals surface area contributed by atoms with E-state index in [1.807, 2.05) is 0 Å². The summed E-state index contributed by atoms with van der Waals surface area (Å²) in [4.78, 5) is 0. The van der Waals surface area contributed by atoms with Crippen LogP contribution < -0.4 is 0 Å². The maximum absolute atomic E-state index is 6.32. The molecule has 2 radical (unpaired) electrons. The zero-order valence-electron chi connectivity index (χ0n) is 3.10. The Kier molecular flexibility index (Phi) is 12.1. The van der Waals surface area contributed by atoms with E-state index in [9.17, 15) is 0 Å². The zero-order valence-corrected chi connectivity index (χ0v) is 5.65. The Morgan fingerprint density at radius 2 is 2.50 bits per heavy atom. The summed E-state index contributed by atoms with van der Waals surface area (Å²) in [6.45, 7) is 0. The van der Waals surface area contributed by atoms with E-state index in [1.54, 1.807) is 0 Å². The van der Waals surface area contributed by atoms with Crippen molar-refractivity contribution in [2.75, 3.05) is 0 Å². The summed E-state index contributed by atoms with van der Waals surface area (Å²) in [6.07, 6.45) is 0. The van der Waals surface area contributed by atoms with E-state index in [-0.39, 0.29) is 18.6 Å². The van der Waals surface area contributed by atoms with E-state index in [2.05, 4.69) is 8.93 Å². The molecule has 0 heterocycles. The molecule has 4 heteroatoms. The average molecular weight is 130 g/mol. The van der Waals surface area contributed by atoms with Gasteiger partial charge in [0.2, 0.25) is 0 Å². The first-order chi connectivity index (χ1) is 1.91. The Balaban J connectivity index is 0. The smallest absolute Gasteiger partial charge is 0.125 e. The van der Waals surface area contributed by atoms with Crippen LogP contribution in [-0.4, -0.2) is 8.86 Å². The average Bonchev–Trinajstić information content (AvgIpc) is 1.37. The van der Waals surface area contributed by atoms with Gasteiger partial charge in [0, 0.05) is 18.6 Å². The van der Waals surface area contributed by atoms with Crippen molar-refractivity contribution in [3.05, 3.63) is 0 Å². The van der Waals surface area contributed by atoms with Gasteiger partial charge < -0.3 is 0 Å². The van der Waals surface area contributed by atoms with Crippen molar-refractivity contribution in [1.29, 1.82) is 1.34 Å². The molecule has 0 fully saturated rings. The summed E-state index contributed by atoms with van der Waals surface area (Å²) in [5, 5.41) is 0. The van der Waals surface area contributed by atoms with Gasteiger partial charge in [0.15, 0.2) is 0 Å². The largest absolute Gasteiger partial charge is 0.149 e. The minimum Gasteiger partial charge on any atom is -0.149 e. The Bertz CT molecular complexity index is 11.6. The minimum atomic E-state index is 0. The van der Waals surface area contributed by atoms with Crippen molar-refractivity contribution in [2.45, 2.75) is 0 Å². The summed E-state index contributed by atoms with van der Waals surface area (Å²) in [5.74, 6) is 0. The normalized spacial score (nSPS) is 9.75. The van der Waals surface area contributed by atoms with Crippen LogP contribution in [0.4, 0.5) is 0 Å². The van der Waals surface area contributed by atoms with Crippen LogP contribution in [0.2, 0.25) is 0 Å². The molecule has 0 aliphatic heterocycles. The fraction of sp³-hybridized carbons (Fsp3) is 0. The molecule has 0 aromatic heterocycles. The van der Waals surface area contributed by atoms with Gasteiger partial charge in [0.25, 0.3) is 0 Å². The Hall–Kier alpha value is 1.51. The van der Waals surface area contributed by atoms with Gasteiger partial charge in [0.05, 0.1) is 0 Å². The van der Waals surface area contributed by atoms with Gasteiger partial charge in [-0.3, -0.25) is 0 Å². The SMILES string of the molecule is [3H][B]PP.[V]. The first kappa shape index (κ1) is 5.51. The third-order valence-electron chi connectivity index (χ3n) is 0. The van der Waals surface area contributed by atoms with Crippen LogP contribution >= 0.6 is 17.1 Å². The Morgan fingerprint density at radius 1 is 2.25 bits per heavy atom. The van der Waals surface area contributed by atoms with Crippen LogP contribution in [0.15, 0.2) is 0 Å². The van der Waals surface area contributed by atoms with Crippen molar-refractivity contribution in [1.82, 2.24) is 0 Å². The predicted molar refractivity (Wildman–Crippen MR) is 25.2 cm³/mol. The molecule has 0 aliphatic rings. The van der Waals surface area contributed by atoms with Crippen molar-refractivity contribution in [2.24, 2.45) is 0 Å². The van der Waals surface area contributed by atoms with Crippen molar-refractivity contribution >= 4 is 24.6 Å². The molecule has 2 atom stereocenters. The molecule has 0 amide bonds. The number of hydrogen-bond acceptors (Lipinski definition) is 0. The van der Waals surface area contributed by atoms with Crippen LogP contribution in [0.5, 0.6) is 0 Å². The molecule has 22 valence electrons. The molecule has 0 aliphatic carbocycles.